The van der Waals surface area contributed by atoms with Crippen molar-refractivity contribution in [2.45, 2.75) is 0 Å². The topological polar surface area (TPSA) is 52.6 Å². The van der Waals surface area contributed by atoms with Crippen molar-refractivity contribution in [3.8, 4) is 0 Å². The number of rotatable bonds is 5. The first-order valence-electron chi connectivity index (χ1n) is 3.88. The van der Waals surface area contributed by atoms with E-state index in [2.05, 4.69) is 29.2 Å². The molecule has 0 amide bonds. The minimum atomic E-state index is -0.475. The van der Waals surface area contributed by atoms with E-state index < -0.39 is 11.9 Å². The number of hydrogen-bond donors (Lipinski definition) is 0. The maximum atomic E-state index is 10.2. The van der Waals surface area contributed by atoms with Crippen molar-refractivity contribution < 1.29 is 19.1 Å². The van der Waals surface area contributed by atoms with Gasteiger partial charge in [0.2, 0.25) is 0 Å². The molecule has 0 aliphatic heterocycles. The molecule has 0 saturated carbocycles. The highest BCUT2D eigenvalue weighted by Crippen LogP contribution is 1.80. The predicted molar refractivity (Wildman–Crippen MR) is 58.4 cm³/mol. The van der Waals surface area contributed by atoms with Crippen LogP contribution in [0.2, 0.25) is 0 Å². The van der Waals surface area contributed by atoms with Crippen LogP contribution in [0.5, 0.6) is 0 Å². The van der Waals surface area contributed by atoms with E-state index in [9.17, 15) is 9.59 Å². The summed E-state index contributed by atoms with van der Waals surface area (Å²) >= 11 is 5.01. The van der Waals surface area contributed by atoms with E-state index in [1.807, 2.05) is 0 Å². The lowest BCUT2D eigenvalue weighted by Crippen LogP contribution is -1.98. The van der Waals surface area contributed by atoms with Crippen LogP contribution in [0.15, 0.2) is 38.2 Å². The molecule has 0 spiro atoms. The van der Waals surface area contributed by atoms with Crippen molar-refractivity contribution in [3.05, 3.63) is 38.2 Å². The second kappa shape index (κ2) is 12.4. The van der Waals surface area contributed by atoms with E-state index in [0.29, 0.717) is 0 Å². The number of alkyl halides is 1. The fraction of sp³-hybridized carbons (Fsp3) is 0.200. The van der Waals surface area contributed by atoms with Gasteiger partial charge in [-0.25, -0.2) is 4.79 Å². The molecular weight excluding hydrogens is 220 g/mol. The normalized spacial score (nSPS) is 7.53. The summed E-state index contributed by atoms with van der Waals surface area (Å²) in [6.45, 7) is 9.96. The average molecular weight is 233 g/mol. The molecule has 0 aliphatic rings. The maximum absolute atomic E-state index is 10.2. The summed E-state index contributed by atoms with van der Waals surface area (Å²) in [5, 5.41) is 0. The van der Waals surface area contributed by atoms with Crippen LogP contribution < -0.4 is 0 Å². The van der Waals surface area contributed by atoms with Crippen LogP contribution in [-0.2, 0) is 19.1 Å². The molecule has 0 bridgehead atoms. The Bertz CT molecular complexity index is 236. The third kappa shape index (κ3) is 15.2. The zero-order valence-electron chi connectivity index (χ0n) is 8.28. The second-order valence-corrected chi connectivity index (χ2v) is 2.18. The molecule has 0 rings (SSSR count). The zero-order chi connectivity index (χ0) is 12.1. The van der Waals surface area contributed by atoms with Crippen LogP contribution in [0, 0.1) is 0 Å². The van der Waals surface area contributed by atoms with E-state index in [0.717, 1.165) is 12.3 Å². The monoisotopic (exact) mass is 232 g/mol. The summed E-state index contributed by atoms with van der Waals surface area (Å²) < 4.78 is 8.65. The number of halogens is 1. The van der Waals surface area contributed by atoms with Crippen LogP contribution in [0.1, 0.15) is 0 Å². The summed E-state index contributed by atoms with van der Waals surface area (Å²) in [6.07, 6.45) is 3.66. The molecule has 15 heavy (non-hydrogen) atoms. The van der Waals surface area contributed by atoms with Crippen LogP contribution >= 0.6 is 11.6 Å². The maximum Gasteiger partial charge on any atom is 0.330 e. The van der Waals surface area contributed by atoms with Gasteiger partial charge in [-0.1, -0.05) is 25.8 Å². The molecule has 84 valence electrons. The van der Waals surface area contributed by atoms with E-state index >= 15 is 0 Å². The minimum Gasteiger partial charge on any atom is -0.458 e. The van der Waals surface area contributed by atoms with Gasteiger partial charge in [-0.3, -0.25) is 4.79 Å². The molecule has 0 N–H and O–H groups in total. The van der Waals surface area contributed by atoms with Crippen molar-refractivity contribution in [2.75, 3.05) is 12.5 Å². The van der Waals surface area contributed by atoms with Crippen molar-refractivity contribution in [1.29, 1.82) is 0 Å². The Kier molecular flexibility index (Phi) is 13.2. The van der Waals surface area contributed by atoms with Gasteiger partial charge in [0.25, 0.3) is 0 Å². The molecule has 0 heterocycles. The number of hydrogen-bond acceptors (Lipinski definition) is 4. The molecule has 0 radical (unpaired) electrons. The summed E-state index contributed by atoms with van der Waals surface area (Å²) in [4.78, 5) is 20.2. The Hall–Kier alpha value is -1.55. The molecule has 0 unspecified atom stereocenters. The lowest BCUT2D eigenvalue weighted by atomic mass is 10.6. The van der Waals surface area contributed by atoms with Crippen molar-refractivity contribution in [1.82, 2.24) is 0 Å². The molecule has 0 aromatic carbocycles. The number of carbonyl (C=O) groups excluding carboxylic acids is 2. The molecule has 0 aromatic rings. The first-order chi connectivity index (χ1) is 7.12. The smallest absolute Gasteiger partial charge is 0.330 e. The SMILES string of the molecule is C=CCOC(=O)C=C.C=COC(=O)CCl. The van der Waals surface area contributed by atoms with Crippen LogP contribution in [0.3, 0.4) is 0 Å². The molecule has 0 atom stereocenters. The molecule has 0 aromatic heterocycles. The highest BCUT2D eigenvalue weighted by molar-refractivity contribution is 6.26. The molecule has 0 saturated heterocycles. The Morgan fingerprint density at radius 1 is 1.27 bits per heavy atom. The third-order valence-electron chi connectivity index (χ3n) is 0.834. The number of carbonyl (C=O) groups is 2. The lowest BCUT2D eigenvalue weighted by molar-refractivity contribution is -0.136. The Balaban J connectivity index is 0. The molecule has 0 fully saturated rings. The third-order valence-corrected chi connectivity index (χ3v) is 1.05. The van der Waals surface area contributed by atoms with Gasteiger partial charge in [0.15, 0.2) is 0 Å². The van der Waals surface area contributed by atoms with Gasteiger partial charge in [-0.05, 0) is 0 Å². The summed E-state index contributed by atoms with van der Waals surface area (Å²) in [5.41, 5.74) is 0. The fourth-order valence-electron chi connectivity index (χ4n) is 0.324. The van der Waals surface area contributed by atoms with Crippen molar-refractivity contribution >= 4 is 23.5 Å². The van der Waals surface area contributed by atoms with Crippen LogP contribution in [0.4, 0.5) is 0 Å². The van der Waals surface area contributed by atoms with E-state index in [-0.39, 0.29) is 12.5 Å². The first kappa shape index (κ1) is 15.9. The number of ether oxygens (including phenoxy) is 2. The van der Waals surface area contributed by atoms with Gasteiger partial charge >= 0.3 is 11.9 Å². The molecular formula is C10H13ClO4. The van der Waals surface area contributed by atoms with Gasteiger partial charge in [0.1, 0.15) is 12.5 Å². The van der Waals surface area contributed by atoms with Gasteiger partial charge < -0.3 is 9.47 Å². The standard InChI is InChI=1S/C6H8O2.C4H5ClO2/c1-3-5-8-6(7)4-2;1-2-7-4(6)3-5/h3-4H,1-2,5H2;2H,1,3H2. The Morgan fingerprint density at radius 2 is 1.87 bits per heavy atom. The second-order valence-electron chi connectivity index (χ2n) is 1.91. The van der Waals surface area contributed by atoms with Crippen molar-refractivity contribution in [3.63, 3.8) is 0 Å². The van der Waals surface area contributed by atoms with E-state index in [1.54, 1.807) is 0 Å². The van der Waals surface area contributed by atoms with Gasteiger partial charge in [-0.15, -0.1) is 11.6 Å². The summed E-state index contributed by atoms with van der Waals surface area (Å²) in [6, 6.07) is 0. The average Bonchev–Trinajstić information content (AvgIpc) is 2.26. The van der Waals surface area contributed by atoms with Gasteiger partial charge in [-0.2, -0.15) is 0 Å². The molecule has 4 nitrogen and oxygen atoms in total. The highest BCUT2D eigenvalue weighted by Gasteiger charge is 1.92. The van der Waals surface area contributed by atoms with Crippen LogP contribution in [-0.4, -0.2) is 24.4 Å². The fourth-order valence-corrected chi connectivity index (χ4v) is 0.387. The predicted octanol–water partition coefficient (Wildman–Crippen LogP) is 1.81. The largest absolute Gasteiger partial charge is 0.458 e. The molecule has 0 aliphatic carbocycles. The lowest BCUT2D eigenvalue weighted by Gasteiger charge is -1.92. The highest BCUT2D eigenvalue weighted by atomic mass is 35.5. The quantitative estimate of drug-likeness (QED) is 0.239. The Labute approximate surface area is 93.8 Å². The first-order valence-corrected chi connectivity index (χ1v) is 4.42. The summed E-state index contributed by atoms with van der Waals surface area (Å²) in [5.74, 6) is -1.01. The van der Waals surface area contributed by atoms with Crippen molar-refractivity contribution in [2.24, 2.45) is 0 Å². The van der Waals surface area contributed by atoms with E-state index in [4.69, 9.17) is 11.6 Å². The van der Waals surface area contributed by atoms with E-state index in [1.165, 1.54) is 6.08 Å². The molecule has 5 heteroatoms. The minimum absolute atomic E-state index is 0.119. The van der Waals surface area contributed by atoms with Crippen LogP contribution in [0.25, 0.3) is 0 Å². The summed E-state index contributed by atoms with van der Waals surface area (Å²) in [7, 11) is 0. The zero-order valence-corrected chi connectivity index (χ0v) is 9.03. The Morgan fingerprint density at radius 3 is 2.13 bits per heavy atom. The van der Waals surface area contributed by atoms with Gasteiger partial charge in [0, 0.05) is 6.08 Å². The number of esters is 2. The van der Waals surface area contributed by atoms with Gasteiger partial charge in [0.05, 0.1) is 6.26 Å².